The Hall–Kier alpha value is -2.68. The third kappa shape index (κ3) is 4.92. The third-order valence-electron chi connectivity index (χ3n) is 3.44. The van der Waals surface area contributed by atoms with E-state index in [9.17, 15) is 14.0 Å². The third-order valence-corrected chi connectivity index (χ3v) is 4.19. The predicted molar refractivity (Wildman–Crippen MR) is 98.0 cm³/mol. The first-order valence-corrected chi connectivity index (χ1v) is 8.78. The molecule has 1 aromatic carbocycles. The number of hydrogen-bond acceptors (Lipinski definition) is 5. The maximum absolute atomic E-state index is 14.0. The molecule has 9 heteroatoms. The number of halogens is 1. The average Bonchev–Trinajstić information content (AvgIpc) is 2.97. The Bertz CT molecular complexity index is 807. The van der Waals surface area contributed by atoms with E-state index >= 15 is 0 Å². The van der Waals surface area contributed by atoms with Crippen LogP contribution in [0.3, 0.4) is 0 Å². The number of ether oxygens (including phenoxy) is 1. The lowest BCUT2D eigenvalue weighted by Gasteiger charge is -2.09. The fourth-order valence-corrected chi connectivity index (χ4v) is 2.82. The van der Waals surface area contributed by atoms with Crippen molar-refractivity contribution in [3.8, 4) is 5.88 Å². The molecule has 0 aliphatic rings. The lowest BCUT2D eigenvalue weighted by atomic mass is 10.1. The van der Waals surface area contributed by atoms with Crippen LogP contribution in [0, 0.1) is 18.7 Å². The van der Waals surface area contributed by atoms with Gasteiger partial charge < -0.3 is 15.8 Å². The molecule has 0 fully saturated rings. The number of nitrogens with two attached hydrogens (primary N) is 1. The van der Waals surface area contributed by atoms with Gasteiger partial charge in [-0.05, 0) is 29.9 Å². The molecule has 0 saturated heterocycles. The highest BCUT2D eigenvalue weighted by atomic mass is 32.1. The molecule has 4 N–H and O–H groups in total. The van der Waals surface area contributed by atoms with Crippen LogP contribution in [-0.4, -0.2) is 22.9 Å². The summed E-state index contributed by atoms with van der Waals surface area (Å²) < 4.78 is 23.5. The zero-order chi connectivity index (χ0) is 19.3. The van der Waals surface area contributed by atoms with Crippen molar-refractivity contribution in [2.45, 2.75) is 27.4 Å². The number of primary amides is 1. The minimum Gasteiger partial charge on any atom is -0.471 e. The lowest BCUT2D eigenvalue weighted by Crippen LogP contribution is -2.32. The van der Waals surface area contributed by atoms with E-state index in [0.29, 0.717) is 17.7 Å². The van der Waals surface area contributed by atoms with Gasteiger partial charge in [0.25, 0.3) is 5.91 Å². The Kier molecular flexibility index (Phi) is 6.51. The van der Waals surface area contributed by atoms with E-state index in [4.69, 9.17) is 10.5 Å². The maximum Gasteiger partial charge on any atom is 0.319 e. The minimum absolute atomic E-state index is 0.0391. The summed E-state index contributed by atoms with van der Waals surface area (Å²) >= 11 is 0.868. The van der Waals surface area contributed by atoms with E-state index in [2.05, 4.69) is 15.0 Å². The molecule has 0 aliphatic heterocycles. The van der Waals surface area contributed by atoms with Crippen LogP contribution in [0.15, 0.2) is 18.2 Å². The standard InChI is InChI=1S/C17H21FN4O3S/c1-9(2)7-20-17(24)21-16-12(14(19)23)15(22-26-16)25-8-11-6-4-5-10(3)13(11)18/h4-6,9H,7-8H2,1-3H3,(H2,19,23)(H2,20,21,24). The first-order chi connectivity index (χ1) is 12.3. The van der Waals surface area contributed by atoms with Crippen molar-refractivity contribution >= 4 is 28.5 Å². The molecule has 140 valence electrons. The Balaban J connectivity index is 2.12. The van der Waals surface area contributed by atoms with Crippen LogP contribution in [0.5, 0.6) is 5.88 Å². The second-order valence-electron chi connectivity index (χ2n) is 6.12. The number of carbonyl (C=O) groups excluding carboxylic acids is 2. The normalized spacial score (nSPS) is 10.7. The first-order valence-electron chi connectivity index (χ1n) is 8.00. The quantitative estimate of drug-likeness (QED) is 0.686. The van der Waals surface area contributed by atoms with Crippen LogP contribution < -0.4 is 21.1 Å². The molecule has 0 unspecified atom stereocenters. The van der Waals surface area contributed by atoms with Gasteiger partial charge in [-0.25, -0.2) is 9.18 Å². The smallest absolute Gasteiger partial charge is 0.319 e. The zero-order valence-electron chi connectivity index (χ0n) is 14.8. The molecule has 0 spiro atoms. The highest BCUT2D eigenvalue weighted by Gasteiger charge is 2.22. The van der Waals surface area contributed by atoms with Crippen molar-refractivity contribution in [2.24, 2.45) is 11.7 Å². The van der Waals surface area contributed by atoms with Gasteiger partial charge >= 0.3 is 6.03 Å². The second kappa shape index (κ2) is 8.61. The summed E-state index contributed by atoms with van der Waals surface area (Å²) in [7, 11) is 0. The molecule has 0 bridgehead atoms. The molecule has 0 radical (unpaired) electrons. The number of urea groups is 1. The number of anilines is 1. The summed E-state index contributed by atoms with van der Waals surface area (Å²) in [5.41, 5.74) is 6.16. The Morgan fingerprint density at radius 1 is 1.38 bits per heavy atom. The fraction of sp³-hybridized carbons (Fsp3) is 0.353. The number of aromatic nitrogens is 1. The van der Waals surface area contributed by atoms with E-state index in [0.717, 1.165) is 11.5 Å². The van der Waals surface area contributed by atoms with Crippen molar-refractivity contribution < 1.29 is 18.7 Å². The molecule has 7 nitrogen and oxygen atoms in total. The summed E-state index contributed by atoms with van der Waals surface area (Å²) in [6.45, 7) is 5.92. The topological polar surface area (TPSA) is 106 Å². The largest absolute Gasteiger partial charge is 0.471 e. The van der Waals surface area contributed by atoms with Gasteiger partial charge in [0.15, 0.2) is 0 Å². The van der Waals surface area contributed by atoms with Crippen molar-refractivity contribution in [3.63, 3.8) is 0 Å². The maximum atomic E-state index is 14.0. The highest BCUT2D eigenvalue weighted by molar-refractivity contribution is 7.11. The number of nitrogens with one attached hydrogen (secondary N) is 2. The van der Waals surface area contributed by atoms with E-state index < -0.39 is 11.9 Å². The SMILES string of the molecule is Cc1cccc(COc2nsc(NC(=O)NCC(C)C)c2C(N)=O)c1F. The summed E-state index contributed by atoms with van der Waals surface area (Å²) in [5, 5.41) is 5.38. The number of benzene rings is 1. The minimum atomic E-state index is -0.794. The number of carbonyl (C=O) groups is 2. The van der Waals surface area contributed by atoms with E-state index in [-0.39, 0.29) is 34.8 Å². The Morgan fingerprint density at radius 3 is 2.77 bits per heavy atom. The summed E-state index contributed by atoms with van der Waals surface area (Å²) in [5.74, 6) is -0.934. The fourth-order valence-electron chi connectivity index (χ4n) is 2.09. The molecule has 2 rings (SSSR count). The van der Waals surface area contributed by atoms with Crippen molar-refractivity contribution in [3.05, 3.63) is 40.7 Å². The van der Waals surface area contributed by atoms with E-state index in [1.165, 1.54) is 0 Å². The highest BCUT2D eigenvalue weighted by Crippen LogP contribution is 2.31. The Morgan fingerprint density at radius 2 is 2.12 bits per heavy atom. The van der Waals surface area contributed by atoms with Gasteiger partial charge in [0.2, 0.25) is 5.88 Å². The molecular weight excluding hydrogens is 359 g/mol. The predicted octanol–water partition coefficient (Wildman–Crippen LogP) is 3.05. The molecule has 0 atom stereocenters. The summed E-state index contributed by atoms with van der Waals surface area (Å²) in [4.78, 5) is 23.6. The lowest BCUT2D eigenvalue weighted by molar-refractivity contribution is 0.0996. The monoisotopic (exact) mass is 380 g/mol. The Labute approximate surface area is 154 Å². The van der Waals surface area contributed by atoms with Crippen LogP contribution >= 0.6 is 11.5 Å². The number of aryl methyl sites for hydroxylation is 1. The van der Waals surface area contributed by atoms with Crippen LogP contribution in [-0.2, 0) is 6.61 Å². The van der Waals surface area contributed by atoms with E-state index in [1.54, 1.807) is 25.1 Å². The number of rotatable bonds is 7. The van der Waals surface area contributed by atoms with Gasteiger partial charge in [-0.15, -0.1) is 0 Å². The first kappa shape index (κ1) is 19.6. The van der Waals surface area contributed by atoms with Gasteiger partial charge in [0, 0.05) is 12.1 Å². The van der Waals surface area contributed by atoms with Crippen LogP contribution in [0.4, 0.5) is 14.2 Å². The van der Waals surface area contributed by atoms with Gasteiger partial charge in [-0.2, -0.15) is 4.37 Å². The van der Waals surface area contributed by atoms with Crippen molar-refractivity contribution in [1.82, 2.24) is 9.69 Å². The number of hydrogen-bond donors (Lipinski definition) is 3. The molecular formula is C17H21FN4O3S. The van der Waals surface area contributed by atoms with E-state index in [1.807, 2.05) is 13.8 Å². The molecule has 26 heavy (non-hydrogen) atoms. The molecule has 1 heterocycles. The average molecular weight is 380 g/mol. The summed E-state index contributed by atoms with van der Waals surface area (Å²) in [6, 6.07) is 4.46. The van der Waals surface area contributed by atoms with Crippen LogP contribution in [0.1, 0.15) is 35.3 Å². The number of nitrogens with zero attached hydrogens (tertiary/aromatic N) is 1. The van der Waals surface area contributed by atoms with Gasteiger partial charge in [0.05, 0.1) is 0 Å². The van der Waals surface area contributed by atoms with Crippen LogP contribution in [0.25, 0.3) is 0 Å². The molecule has 0 saturated carbocycles. The molecule has 3 amide bonds. The van der Waals surface area contributed by atoms with Gasteiger partial charge in [-0.1, -0.05) is 32.0 Å². The van der Waals surface area contributed by atoms with Crippen molar-refractivity contribution in [1.29, 1.82) is 0 Å². The molecule has 0 aliphatic carbocycles. The van der Waals surface area contributed by atoms with Gasteiger partial charge in [-0.3, -0.25) is 10.1 Å². The van der Waals surface area contributed by atoms with Crippen molar-refractivity contribution in [2.75, 3.05) is 11.9 Å². The summed E-state index contributed by atoms with van der Waals surface area (Å²) in [6.07, 6.45) is 0. The molecule has 2 aromatic rings. The van der Waals surface area contributed by atoms with Gasteiger partial charge in [0.1, 0.15) is 23.0 Å². The number of amides is 3. The second-order valence-corrected chi connectivity index (χ2v) is 6.90. The molecule has 1 aromatic heterocycles. The van der Waals surface area contributed by atoms with Crippen LogP contribution in [0.2, 0.25) is 0 Å². The zero-order valence-corrected chi connectivity index (χ0v) is 15.6.